The van der Waals surface area contributed by atoms with E-state index in [9.17, 15) is 0 Å². The first-order valence-electron chi connectivity index (χ1n) is 7.58. The predicted molar refractivity (Wildman–Crippen MR) is 86.3 cm³/mol. The van der Waals surface area contributed by atoms with Crippen molar-refractivity contribution in [3.8, 4) is 11.8 Å². The van der Waals surface area contributed by atoms with E-state index in [1.54, 1.807) is 18.2 Å². The molecule has 0 spiro atoms. The highest BCUT2D eigenvalue weighted by Gasteiger charge is 1.89. The van der Waals surface area contributed by atoms with Crippen LogP contribution < -0.4 is 0 Å². The van der Waals surface area contributed by atoms with Crippen LogP contribution in [0.1, 0.15) is 51.4 Å². The Bertz CT molecular complexity index is 329. The lowest BCUT2D eigenvalue weighted by Crippen LogP contribution is -1.83. The summed E-state index contributed by atoms with van der Waals surface area (Å²) >= 11 is 0. The van der Waals surface area contributed by atoms with Gasteiger partial charge in [-0.1, -0.05) is 67.9 Å². The Kier molecular flexibility index (Phi) is 16.5. The molecule has 0 aromatic heterocycles. The van der Waals surface area contributed by atoms with Crippen molar-refractivity contribution in [1.82, 2.24) is 0 Å². The van der Waals surface area contributed by atoms with E-state index in [-0.39, 0.29) is 6.61 Å². The highest BCUT2D eigenvalue weighted by molar-refractivity contribution is 5.20. The Morgan fingerprint density at radius 3 is 2.25 bits per heavy atom. The normalized spacial score (nSPS) is 11.5. The molecule has 0 heterocycles. The quantitative estimate of drug-likeness (QED) is 0.261. The van der Waals surface area contributed by atoms with Gasteiger partial charge in [-0.15, -0.1) is 0 Å². The maximum absolute atomic E-state index is 8.64. The van der Waals surface area contributed by atoms with Crippen LogP contribution >= 0.6 is 0 Å². The molecule has 2 heteroatoms. The fourth-order valence-corrected chi connectivity index (χ4v) is 1.70. The second kappa shape index (κ2) is 17.7. The number of hydrogen-bond acceptors (Lipinski definition) is 2. The molecule has 2 N–H and O–H groups in total. The minimum Gasteiger partial charge on any atom is -0.396 e. The topological polar surface area (TPSA) is 40.5 Å². The molecular weight excluding hydrogens is 248 g/mol. The smallest absolute Gasteiger partial charge is 0.0615 e. The summed E-state index contributed by atoms with van der Waals surface area (Å²) in [5, 5.41) is 17.1. The Hall–Kier alpha value is -1.30. The number of rotatable bonds is 11. The Morgan fingerprint density at radius 2 is 1.50 bits per heavy atom. The predicted octanol–water partition coefficient (Wildman–Crippen LogP) is 3.76. The first kappa shape index (κ1) is 18.7. The summed E-state index contributed by atoms with van der Waals surface area (Å²) in [5.41, 5.74) is 0. The van der Waals surface area contributed by atoms with E-state index in [0.717, 1.165) is 25.7 Å². The van der Waals surface area contributed by atoms with E-state index < -0.39 is 0 Å². The van der Waals surface area contributed by atoms with Crippen LogP contribution in [0.15, 0.2) is 36.5 Å². The maximum Gasteiger partial charge on any atom is 0.0615 e. The van der Waals surface area contributed by atoms with E-state index >= 15 is 0 Å². The Morgan fingerprint density at radius 1 is 0.750 bits per heavy atom. The monoisotopic (exact) mass is 276 g/mol. The van der Waals surface area contributed by atoms with Crippen LogP contribution in [0, 0.1) is 11.8 Å². The second-order valence-corrected chi connectivity index (χ2v) is 4.60. The largest absolute Gasteiger partial charge is 0.396 e. The van der Waals surface area contributed by atoms with Crippen LogP contribution in [-0.4, -0.2) is 23.4 Å². The van der Waals surface area contributed by atoms with Gasteiger partial charge in [0.05, 0.1) is 6.61 Å². The average Bonchev–Trinajstić information content (AvgIpc) is 2.47. The molecule has 0 amide bonds. The van der Waals surface area contributed by atoms with Crippen molar-refractivity contribution in [2.45, 2.75) is 51.4 Å². The van der Waals surface area contributed by atoms with Gasteiger partial charge < -0.3 is 10.2 Å². The van der Waals surface area contributed by atoms with Gasteiger partial charge in [0.25, 0.3) is 0 Å². The lowest BCUT2D eigenvalue weighted by atomic mass is 10.1. The summed E-state index contributed by atoms with van der Waals surface area (Å²) in [4.78, 5) is 0. The third-order valence-corrected chi connectivity index (χ3v) is 2.80. The van der Waals surface area contributed by atoms with Crippen LogP contribution in [-0.2, 0) is 0 Å². The molecule has 0 saturated heterocycles. The number of hydrogen-bond donors (Lipinski definition) is 2. The van der Waals surface area contributed by atoms with E-state index in [4.69, 9.17) is 10.2 Å². The number of aliphatic hydroxyl groups excluding tert-OH is 2. The summed E-state index contributed by atoms with van der Waals surface area (Å²) in [6.45, 7) is 0.401. The van der Waals surface area contributed by atoms with Crippen LogP contribution in [0.2, 0.25) is 0 Å². The first-order chi connectivity index (χ1) is 9.91. The zero-order valence-electron chi connectivity index (χ0n) is 12.4. The molecule has 0 aliphatic rings. The summed E-state index contributed by atoms with van der Waals surface area (Å²) in [7, 11) is 0. The lowest BCUT2D eigenvalue weighted by Gasteiger charge is -1.98. The highest BCUT2D eigenvalue weighted by Crippen LogP contribution is 2.07. The summed E-state index contributed by atoms with van der Waals surface area (Å²) in [6.07, 6.45) is 20.5. The molecule has 0 atom stereocenters. The van der Waals surface area contributed by atoms with Gasteiger partial charge in [-0.05, 0) is 25.3 Å². The SMILES string of the molecule is OCC=CC=CC#CCC=CCCCCCCCCO. The third-order valence-electron chi connectivity index (χ3n) is 2.80. The van der Waals surface area contributed by atoms with E-state index in [1.165, 1.54) is 25.7 Å². The van der Waals surface area contributed by atoms with E-state index in [1.807, 2.05) is 6.08 Å². The zero-order valence-corrected chi connectivity index (χ0v) is 12.4. The van der Waals surface area contributed by atoms with Crippen molar-refractivity contribution in [2.75, 3.05) is 13.2 Å². The maximum atomic E-state index is 8.64. The van der Waals surface area contributed by atoms with Crippen molar-refractivity contribution in [1.29, 1.82) is 0 Å². The molecule has 0 unspecified atom stereocenters. The first-order valence-corrected chi connectivity index (χ1v) is 7.58. The van der Waals surface area contributed by atoms with Crippen molar-refractivity contribution in [3.05, 3.63) is 36.5 Å². The second-order valence-electron chi connectivity index (χ2n) is 4.60. The van der Waals surface area contributed by atoms with Crippen molar-refractivity contribution < 1.29 is 10.2 Å². The summed E-state index contributed by atoms with van der Waals surface area (Å²) in [5.74, 6) is 5.98. The number of unbranched alkanes of at least 4 members (excludes halogenated alkanes) is 6. The van der Waals surface area contributed by atoms with Crippen molar-refractivity contribution >= 4 is 0 Å². The van der Waals surface area contributed by atoms with Gasteiger partial charge in [0, 0.05) is 13.0 Å². The van der Waals surface area contributed by atoms with Crippen LogP contribution in [0.25, 0.3) is 0 Å². The number of aliphatic hydroxyl groups is 2. The Balaban J connectivity index is 3.34. The van der Waals surface area contributed by atoms with Gasteiger partial charge in [0.15, 0.2) is 0 Å². The molecule has 2 nitrogen and oxygen atoms in total. The molecule has 0 aliphatic heterocycles. The highest BCUT2D eigenvalue weighted by atomic mass is 16.3. The average molecular weight is 276 g/mol. The molecule has 0 radical (unpaired) electrons. The van der Waals surface area contributed by atoms with Gasteiger partial charge in [-0.2, -0.15) is 0 Å². The van der Waals surface area contributed by atoms with E-state index in [2.05, 4.69) is 24.0 Å². The molecule has 20 heavy (non-hydrogen) atoms. The molecular formula is C18H28O2. The molecule has 0 aliphatic carbocycles. The van der Waals surface area contributed by atoms with Crippen molar-refractivity contribution in [2.24, 2.45) is 0 Å². The Labute approximate surface area is 123 Å². The minimum atomic E-state index is 0.0714. The molecule has 0 aromatic rings. The van der Waals surface area contributed by atoms with Gasteiger partial charge in [0.1, 0.15) is 0 Å². The molecule has 0 bridgehead atoms. The molecule has 0 rings (SSSR count). The lowest BCUT2D eigenvalue weighted by molar-refractivity contribution is 0.282. The van der Waals surface area contributed by atoms with Crippen LogP contribution in [0.5, 0.6) is 0 Å². The van der Waals surface area contributed by atoms with Gasteiger partial charge >= 0.3 is 0 Å². The fraction of sp³-hybridized carbons (Fsp3) is 0.556. The van der Waals surface area contributed by atoms with Gasteiger partial charge in [0.2, 0.25) is 0 Å². The van der Waals surface area contributed by atoms with Crippen molar-refractivity contribution in [3.63, 3.8) is 0 Å². The summed E-state index contributed by atoms with van der Waals surface area (Å²) in [6, 6.07) is 0. The fourth-order valence-electron chi connectivity index (χ4n) is 1.70. The van der Waals surface area contributed by atoms with Gasteiger partial charge in [-0.3, -0.25) is 0 Å². The molecule has 0 fully saturated rings. The molecule has 112 valence electrons. The standard InChI is InChI=1S/C18H28O2/c19-17-15-13-11-9-7-5-3-1-2-4-6-8-10-12-14-16-18-20/h1-2,10,12,14,16,19-20H,3-5,7,9,11,13,15,17-18H2. The molecule has 0 saturated carbocycles. The van der Waals surface area contributed by atoms with Crippen LogP contribution in [0.3, 0.4) is 0 Å². The van der Waals surface area contributed by atoms with Gasteiger partial charge in [-0.25, -0.2) is 0 Å². The summed E-state index contributed by atoms with van der Waals surface area (Å²) < 4.78 is 0. The van der Waals surface area contributed by atoms with E-state index in [0.29, 0.717) is 6.61 Å². The minimum absolute atomic E-state index is 0.0714. The van der Waals surface area contributed by atoms with Crippen LogP contribution in [0.4, 0.5) is 0 Å². The zero-order chi connectivity index (χ0) is 14.7. The molecule has 0 aromatic carbocycles. The number of allylic oxidation sites excluding steroid dienone is 5. The third kappa shape index (κ3) is 16.7.